The predicted octanol–water partition coefficient (Wildman–Crippen LogP) is 6.91. The van der Waals surface area contributed by atoms with Crippen LogP contribution in [0.4, 0.5) is 5.00 Å². The van der Waals surface area contributed by atoms with Gasteiger partial charge in [0.15, 0.2) is 0 Å². The van der Waals surface area contributed by atoms with Crippen molar-refractivity contribution in [1.29, 1.82) is 0 Å². The zero-order chi connectivity index (χ0) is 23.2. The van der Waals surface area contributed by atoms with Gasteiger partial charge in [0.2, 0.25) is 5.91 Å². The summed E-state index contributed by atoms with van der Waals surface area (Å²) in [5, 5.41) is 3.30. The number of ether oxygens (including phenoxy) is 1. The first-order valence-corrected chi connectivity index (χ1v) is 13.2. The number of thioether (sulfide) groups is 1. The second-order valence-electron chi connectivity index (χ2n) is 8.16. The summed E-state index contributed by atoms with van der Waals surface area (Å²) >= 11 is 3.05. The van der Waals surface area contributed by atoms with Crippen LogP contribution >= 0.6 is 23.1 Å². The maximum Gasteiger partial charge on any atom is 0.341 e. The number of hydrogen-bond donors (Lipinski definition) is 1. The van der Waals surface area contributed by atoms with Crippen molar-refractivity contribution in [2.45, 2.75) is 49.7 Å². The summed E-state index contributed by atoms with van der Waals surface area (Å²) in [6.45, 7) is 4.33. The minimum Gasteiger partial charge on any atom is -0.462 e. The molecule has 1 heterocycles. The van der Waals surface area contributed by atoms with Crippen LogP contribution in [-0.2, 0) is 22.4 Å². The first kappa shape index (κ1) is 23.6. The molecule has 0 bridgehead atoms. The Morgan fingerprint density at radius 1 is 1.09 bits per heavy atom. The van der Waals surface area contributed by atoms with Crippen molar-refractivity contribution in [1.82, 2.24) is 0 Å². The smallest absolute Gasteiger partial charge is 0.341 e. The maximum atomic E-state index is 13.6. The van der Waals surface area contributed by atoms with Gasteiger partial charge in [0.05, 0.1) is 12.2 Å². The van der Waals surface area contributed by atoms with Gasteiger partial charge in [-0.05, 0) is 55.4 Å². The van der Waals surface area contributed by atoms with E-state index in [2.05, 4.69) is 12.2 Å². The molecule has 1 aliphatic carbocycles. The van der Waals surface area contributed by atoms with E-state index in [1.165, 1.54) is 16.6 Å². The number of benzene rings is 2. The van der Waals surface area contributed by atoms with Crippen LogP contribution in [0.2, 0.25) is 0 Å². The molecule has 0 saturated carbocycles. The molecule has 4 rings (SSSR count). The molecule has 1 N–H and O–H groups in total. The van der Waals surface area contributed by atoms with Crippen LogP contribution in [0.15, 0.2) is 65.6 Å². The molecule has 33 heavy (non-hydrogen) atoms. The van der Waals surface area contributed by atoms with Gasteiger partial charge in [0, 0.05) is 9.77 Å². The first-order valence-electron chi connectivity index (χ1n) is 11.5. The van der Waals surface area contributed by atoms with Gasteiger partial charge in [0.25, 0.3) is 0 Å². The van der Waals surface area contributed by atoms with Gasteiger partial charge >= 0.3 is 5.97 Å². The minimum atomic E-state index is -0.439. The zero-order valence-electron chi connectivity index (χ0n) is 19.0. The molecule has 6 heteroatoms. The second kappa shape index (κ2) is 11.0. The Morgan fingerprint density at radius 2 is 1.79 bits per heavy atom. The maximum absolute atomic E-state index is 13.6. The van der Waals surface area contributed by atoms with Crippen molar-refractivity contribution in [2.75, 3.05) is 11.9 Å². The lowest BCUT2D eigenvalue weighted by atomic mass is 9.85. The fraction of sp³-hybridized carbons (Fsp3) is 0.333. The molecule has 2 unspecified atom stereocenters. The highest BCUT2D eigenvalue weighted by atomic mass is 32.2. The standard InChI is InChI=1S/C27H29NO3S2/c1-3-18-15-16-21-22(17-18)33-26(23(21)27(30)31-4-2)28-25(29)24(19-11-7-5-8-12-19)32-20-13-9-6-10-14-20/h5-14,18,24H,3-4,15-17H2,1-2H3,(H,28,29). The predicted molar refractivity (Wildman–Crippen MR) is 136 cm³/mol. The van der Waals surface area contributed by atoms with Gasteiger partial charge in [-0.2, -0.15) is 0 Å². The molecule has 1 amide bonds. The molecular formula is C27H29NO3S2. The molecule has 4 nitrogen and oxygen atoms in total. The average molecular weight is 480 g/mol. The minimum absolute atomic E-state index is 0.133. The van der Waals surface area contributed by atoms with Gasteiger partial charge in [-0.1, -0.05) is 61.9 Å². The van der Waals surface area contributed by atoms with E-state index in [9.17, 15) is 9.59 Å². The Hall–Kier alpha value is -2.57. The highest BCUT2D eigenvalue weighted by Crippen LogP contribution is 2.42. The number of amides is 1. The third kappa shape index (κ3) is 5.50. The molecule has 2 atom stereocenters. The Morgan fingerprint density at radius 3 is 2.45 bits per heavy atom. The zero-order valence-corrected chi connectivity index (χ0v) is 20.6. The molecule has 1 aromatic heterocycles. The number of thiophene rings is 1. The number of esters is 1. The van der Waals surface area contributed by atoms with Crippen molar-refractivity contribution in [2.24, 2.45) is 5.92 Å². The van der Waals surface area contributed by atoms with E-state index < -0.39 is 5.25 Å². The van der Waals surface area contributed by atoms with Gasteiger partial charge in [0.1, 0.15) is 10.3 Å². The molecule has 172 valence electrons. The van der Waals surface area contributed by atoms with Crippen LogP contribution in [0.5, 0.6) is 0 Å². The van der Waals surface area contributed by atoms with E-state index >= 15 is 0 Å². The first-order chi connectivity index (χ1) is 16.1. The van der Waals surface area contributed by atoms with E-state index in [4.69, 9.17) is 4.74 Å². The molecular weight excluding hydrogens is 450 g/mol. The van der Waals surface area contributed by atoms with Crippen molar-refractivity contribution in [3.05, 3.63) is 82.2 Å². The highest BCUT2D eigenvalue weighted by molar-refractivity contribution is 8.00. The summed E-state index contributed by atoms with van der Waals surface area (Å²) in [6.07, 6.45) is 4.00. The summed E-state index contributed by atoms with van der Waals surface area (Å²) in [7, 11) is 0. The van der Waals surface area contributed by atoms with Crippen molar-refractivity contribution >= 4 is 40.0 Å². The van der Waals surface area contributed by atoms with E-state index in [-0.39, 0.29) is 11.9 Å². The van der Waals surface area contributed by atoms with Crippen LogP contribution < -0.4 is 5.32 Å². The lowest BCUT2D eigenvalue weighted by Gasteiger charge is -2.21. The van der Waals surface area contributed by atoms with Crippen LogP contribution in [0.3, 0.4) is 0 Å². The quantitative estimate of drug-likeness (QED) is 0.282. The molecule has 0 saturated heterocycles. The summed E-state index contributed by atoms with van der Waals surface area (Å²) in [4.78, 5) is 28.7. The van der Waals surface area contributed by atoms with E-state index in [1.807, 2.05) is 67.6 Å². The summed E-state index contributed by atoms with van der Waals surface area (Å²) < 4.78 is 5.38. The van der Waals surface area contributed by atoms with Gasteiger partial charge in [-0.25, -0.2) is 4.79 Å². The number of carbonyl (C=O) groups excluding carboxylic acids is 2. The lowest BCUT2D eigenvalue weighted by molar-refractivity contribution is -0.115. The topological polar surface area (TPSA) is 55.4 Å². The summed E-state index contributed by atoms with van der Waals surface area (Å²) in [5.41, 5.74) is 2.54. The fourth-order valence-electron chi connectivity index (χ4n) is 4.22. The van der Waals surface area contributed by atoms with E-state index in [0.717, 1.165) is 41.7 Å². The average Bonchev–Trinajstić information content (AvgIpc) is 3.20. The number of anilines is 1. The third-order valence-corrected chi connectivity index (χ3v) is 8.43. The summed E-state index contributed by atoms with van der Waals surface area (Å²) in [6, 6.07) is 19.7. The second-order valence-corrected chi connectivity index (χ2v) is 10.4. The lowest BCUT2D eigenvalue weighted by Crippen LogP contribution is -2.20. The monoisotopic (exact) mass is 479 g/mol. The third-order valence-electron chi connectivity index (χ3n) is 6.00. The SMILES string of the molecule is CCOC(=O)c1c(NC(=O)C(Sc2ccccc2)c2ccccc2)sc2c1CCC(CC)C2. The normalized spacial score (nSPS) is 16.0. The van der Waals surface area contributed by atoms with Crippen LogP contribution in [0.25, 0.3) is 0 Å². The molecule has 1 aliphatic rings. The molecule has 3 aromatic rings. The Balaban J connectivity index is 1.66. The van der Waals surface area contributed by atoms with Crippen molar-refractivity contribution in [3.63, 3.8) is 0 Å². The Labute approximate surface area is 203 Å². The summed E-state index contributed by atoms with van der Waals surface area (Å²) in [5.74, 6) is 0.152. The van der Waals surface area contributed by atoms with Gasteiger partial charge < -0.3 is 10.1 Å². The van der Waals surface area contributed by atoms with Gasteiger partial charge in [-0.15, -0.1) is 23.1 Å². The molecule has 0 aliphatic heterocycles. The van der Waals surface area contributed by atoms with Crippen molar-refractivity contribution in [3.8, 4) is 0 Å². The Bertz CT molecular complexity index is 1100. The van der Waals surface area contributed by atoms with Gasteiger partial charge in [-0.3, -0.25) is 4.79 Å². The van der Waals surface area contributed by atoms with E-state index in [1.54, 1.807) is 11.3 Å². The van der Waals surface area contributed by atoms with Crippen LogP contribution in [0.1, 0.15) is 58.3 Å². The highest BCUT2D eigenvalue weighted by Gasteiger charge is 2.31. The van der Waals surface area contributed by atoms with E-state index in [0.29, 0.717) is 23.1 Å². The largest absolute Gasteiger partial charge is 0.462 e. The number of rotatable bonds is 8. The molecule has 0 spiro atoms. The van der Waals surface area contributed by atoms with Crippen LogP contribution in [0, 0.1) is 5.92 Å². The number of fused-ring (bicyclic) bond motifs is 1. The number of nitrogens with one attached hydrogen (secondary N) is 1. The van der Waals surface area contributed by atoms with Crippen molar-refractivity contribution < 1.29 is 14.3 Å². The number of hydrogen-bond acceptors (Lipinski definition) is 5. The molecule has 0 fully saturated rings. The molecule has 0 radical (unpaired) electrons. The molecule has 2 aromatic carbocycles. The van der Waals surface area contributed by atoms with Crippen LogP contribution in [-0.4, -0.2) is 18.5 Å². The fourth-order valence-corrected chi connectivity index (χ4v) is 6.62. The Kier molecular flexibility index (Phi) is 7.89. The number of carbonyl (C=O) groups is 2.